The molecule has 0 saturated heterocycles. The Balaban J connectivity index is 1.61. The van der Waals surface area contributed by atoms with Gasteiger partial charge < -0.3 is 5.32 Å². The summed E-state index contributed by atoms with van der Waals surface area (Å²) in [5.41, 5.74) is 2.94. The standard InChI is InChI=1S/C21H21N5O5S/c1-13-10-20(24(23-13)17-5-7-18(8-6-17)26(28)29)22-21(27)15-4-9-19-16(12-15)11-14(2)25(19)32(3,30)31/h4-10,12,14H,11H2,1-3H3,(H,22,27). The third-order valence-electron chi connectivity index (χ3n) is 5.23. The number of fused-ring (bicyclic) bond motifs is 1. The summed E-state index contributed by atoms with van der Waals surface area (Å²) in [6.45, 7) is 3.60. The highest BCUT2D eigenvalue weighted by Gasteiger charge is 2.32. The van der Waals surface area contributed by atoms with Crippen molar-refractivity contribution < 1.29 is 18.1 Å². The van der Waals surface area contributed by atoms with Crippen LogP contribution in [0.2, 0.25) is 0 Å². The number of anilines is 2. The minimum absolute atomic E-state index is 0.0429. The van der Waals surface area contributed by atoms with E-state index in [-0.39, 0.29) is 17.6 Å². The van der Waals surface area contributed by atoms with Gasteiger partial charge in [-0.1, -0.05) is 0 Å². The Morgan fingerprint density at radius 2 is 1.88 bits per heavy atom. The maximum absolute atomic E-state index is 12.9. The zero-order valence-corrected chi connectivity index (χ0v) is 18.5. The summed E-state index contributed by atoms with van der Waals surface area (Å²) in [5, 5.41) is 18.1. The van der Waals surface area contributed by atoms with Gasteiger partial charge in [-0.25, -0.2) is 13.1 Å². The van der Waals surface area contributed by atoms with Gasteiger partial charge in [0.1, 0.15) is 5.82 Å². The number of aryl methyl sites for hydroxylation is 1. The fourth-order valence-electron chi connectivity index (χ4n) is 3.94. The van der Waals surface area contributed by atoms with Gasteiger partial charge in [-0.2, -0.15) is 5.10 Å². The average Bonchev–Trinajstić information content (AvgIpc) is 3.25. The molecule has 1 unspecified atom stereocenters. The highest BCUT2D eigenvalue weighted by Crippen LogP contribution is 2.35. The van der Waals surface area contributed by atoms with Crippen LogP contribution in [0.3, 0.4) is 0 Å². The molecule has 11 heteroatoms. The van der Waals surface area contributed by atoms with Crippen molar-refractivity contribution in [2.45, 2.75) is 26.3 Å². The number of nitrogens with one attached hydrogen (secondary N) is 1. The van der Waals surface area contributed by atoms with Crippen LogP contribution >= 0.6 is 0 Å². The highest BCUT2D eigenvalue weighted by atomic mass is 32.2. The minimum atomic E-state index is -3.41. The molecule has 10 nitrogen and oxygen atoms in total. The van der Waals surface area contributed by atoms with Crippen molar-refractivity contribution in [1.82, 2.24) is 9.78 Å². The molecule has 3 aromatic rings. The monoisotopic (exact) mass is 455 g/mol. The van der Waals surface area contributed by atoms with E-state index in [1.807, 2.05) is 6.92 Å². The van der Waals surface area contributed by atoms with Crippen molar-refractivity contribution in [2.75, 3.05) is 15.9 Å². The van der Waals surface area contributed by atoms with Gasteiger partial charge in [0.05, 0.1) is 28.2 Å². The first-order valence-corrected chi connectivity index (χ1v) is 11.6. The Bertz CT molecular complexity index is 1330. The van der Waals surface area contributed by atoms with E-state index in [0.29, 0.717) is 34.9 Å². The second-order valence-electron chi connectivity index (χ2n) is 7.77. The molecule has 1 aliphatic rings. The molecule has 1 N–H and O–H groups in total. The molecule has 4 rings (SSSR count). The van der Waals surface area contributed by atoms with E-state index >= 15 is 0 Å². The van der Waals surface area contributed by atoms with E-state index in [0.717, 1.165) is 5.56 Å². The molecule has 0 aliphatic carbocycles. The second kappa shape index (κ2) is 7.75. The average molecular weight is 455 g/mol. The number of non-ortho nitro benzene ring substituents is 1. The first kappa shape index (κ1) is 21.5. The number of hydrogen-bond donors (Lipinski definition) is 1. The molecule has 166 valence electrons. The summed E-state index contributed by atoms with van der Waals surface area (Å²) in [7, 11) is -3.41. The van der Waals surface area contributed by atoms with Crippen LogP contribution in [0.4, 0.5) is 17.2 Å². The zero-order valence-electron chi connectivity index (χ0n) is 17.6. The summed E-state index contributed by atoms with van der Waals surface area (Å²) < 4.78 is 27.1. The number of hydrogen-bond acceptors (Lipinski definition) is 6. The first-order valence-electron chi connectivity index (χ1n) is 9.80. The molecule has 1 atom stereocenters. The smallest absolute Gasteiger partial charge is 0.269 e. The molecule has 0 radical (unpaired) electrons. The summed E-state index contributed by atoms with van der Waals surface area (Å²) in [4.78, 5) is 23.3. The van der Waals surface area contributed by atoms with Crippen LogP contribution in [0.25, 0.3) is 5.69 Å². The van der Waals surface area contributed by atoms with E-state index in [9.17, 15) is 23.3 Å². The Morgan fingerprint density at radius 1 is 1.19 bits per heavy atom. The second-order valence-corrected chi connectivity index (χ2v) is 9.63. The topological polar surface area (TPSA) is 127 Å². The van der Waals surface area contributed by atoms with Crippen LogP contribution in [0.1, 0.15) is 28.5 Å². The van der Waals surface area contributed by atoms with E-state index < -0.39 is 14.9 Å². The SMILES string of the molecule is Cc1cc(NC(=O)c2ccc3c(c2)CC(C)N3S(C)(=O)=O)n(-c2ccc([N+](=O)[O-])cc2)n1. The number of sulfonamides is 1. The number of nitrogens with zero attached hydrogens (tertiary/aromatic N) is 4. The van der Waals surface area contributed by atoms with Crippen LogP contribution in [-0.4, -0.2) is 41.3 Å². The maximum atomic E-state index is 12.9. The largest absolute Gasteiger partial charge is 0.306 e. The van der Waals surface area contributed by atoms with Crippen molar-refractivity contribution in [3.63, 3.8) is 0 Å². The molecular weight excluding hydrogens is 434 g/mol. The number of aromatic nitrogens is 2. The first-order chi connectivity index (χ1) is 15.0. The Labute approximate surface area is 184 Å². The predicted molar refractivity (Wildman–Crippen MR) is 120 cm³/mol. The molecule has 2 aromatic carbocycles. The van der Waals surface area contributed by atoms with E-state index in [1.54, 1.807) is 43.3 Å². The van der Waals surface area contributed by atoms with Crippen molar-refractivity contribution in [2.24, 2.45) is 0 Å². The Morgan fingerprint density at radius 3 is 2.50 bits per heavy atom. The van der Waals surface area contributed by atoms with Gasteiger partial charge in [0.2, 0.25) is 10.0 Å². The quantitative estimate of drug-likeness (QED) is 0.465. The summed E-state index contributed by atoms with van der Waals surface area (Å²) in [5.74, 6) is 0.0364. The van der Waals surface area contributed by atoms with Crippen molar-refractivity contribution in [3.05, 3.63) is 75.5 Å². The van der Waals surface area contributed by atoms with Crippen LogP contribution in [-0.2, 0) is 16.4 Å². The predicted octanol–water partition coefficient (Wildman–Crippen LogP) is 3.05. The minimum Gasteiger partial charge on any atom is -0.306 e. The maximum Gasteiger partial charge on any atom is 0.269 e. The lowest BCUT2D eigenvalue weighted by molar-refractivity contribution is -0.384. The third kappa shape index (κ3) is 3.94. The van der Waals surface area contributed by atoms with Crippen LogP contribution in [0, 0.1) is 17.0 Å². The van der Waals surface area contributed by atoms with Gasteiger partial charge in [-0.05, 0) is 56.2 Å². The van der Waals surface area contributed by atoms with Crippen LogP contribution in [0.15, 0.2) is 48.5 Å². The molecule has 0 bridgehead atoms. The fourth-order valence-corrected chi connectivity index (χ4v) is 5.20. The van der Waals surface area contributed by atoms with Crippen LogP contribution < -0.4 is 9.62 Å². The molecule has 1 amide bonds. The molecule has 0 fully saturated rings. The van der Waals surface area contributed by atoms with E-state index in [1.165, 1.54) is 27.4 Å². The number of benzene rings is 2. The number of carbonyl (C=O) groups excluding carboxylic acids is 1. The number of nitro groups is 1. The lowest BCUT2D eigenvalue weighted by Gasteiger charge is -2.21. The van der Waals surface area contributed by atoms with Gasteiger partial charge in [-0.3, -0.25) is 19.2 Å². The van der Waals surface area contributed by atoms with Gasteiger partial charge in [0.15, 0.2) is 0 Å². The number of nitro benzene ring substituents is 1. The van der Waals surface area contributed by atoms with Gasteiger partial charge in [0.25, 0.3) is 11.6 Å². The van der Waals surface area contributed by atoms with E-state index in [2.05, 4.69) is 10.4 Å². The highest BCUT2D eigenvalue weighted by molar-refractivity contribution is 7.92. The summed E-state index contributed by atoms with van der Waals surface area (Å²) >= 11 is 0. The normalized spacial score (nSPS) is 15.5. The molecule has 0 saturated carbocycles. The van der Waals surface area contributed by atoms with Gasteiger partial charge >= 0.3 is 0 Å². The number of amides is 1. The fraction of sp³-hybridized carbons (Fsp3) is 0.238. The third-order valence-corrected chi connectivity index (χ3v) is 6.50. The van der Waals surface area contributed by atoms with Crippen molar-refractivity contribution >= 4 is 33.1 Å². The molecule has 0 spiro atoms. The van der Waals surface area contributed by atoms with Gasteiger partial charge in [-0.15, -0.1) is 0 Å². The van der Waals surface area contributed by atoms with Gasteiger partial charge in [0, 0.05) is 29.8 Å². The molecular formula is C21H21N5O5S. The molecule has 32 heavy (non-hydrogen) atoms. The Hall–Kier alpha value is -3.73. The van der Waals surface area contributed by atoms with E-state index in [4.69, 9.17) is 0 Å². The number of rotatable bonds is 5. The molecule has 1 aromatic heterocycles. The van der Waals surface area contributed by atoms with Crippen LogP contribution in [0.5, 0.6) is 0 Å². The van der Waals surface area contributed by atoms with Crippen molar-refractivity contribution in [3.8, 4) is 5.69 Å². The Kier molecular flexibility index (Phi) is 5.21. The summed E-state index contributed by atoms with van der Waals surface area (Å²) in [6, 6.07) is 12.3. The number of carbonyl (C=O) groups is 1. The lowest BCUT2D eigenvalue weighted by atomic mass is 10.1. The summed E-state index contributed by atoms with van der Waals surface area (Å²) in [6.07, 6.45) is 1.68. The lowest BCUT2D eigenvalue weighted by Crippen LogP contribution is -2.34. The van der Waals surface area contributed by atoms with Crippen molar-refractivity contribution in [1.29, 1.82) is 0 Å². The zero-order chi connectivity index (χ0) is 23.2. The molecule has 1 aliphatic heterocycles. The molecule has 2 heterocycles.